The second-order valence-corrected chi connectivity index (χ2v) is 8.11. The second-order valence-electron chi connectivity index (χ2n) is 8.11. The minimum atomic E-state index is -0.635. The van der Waals surface area contributed by atoms with E-state index >= 15 is 0 Å². The summed E-state index contributed by atoms with van der Waals surface area (Å²) in [6.07, 6.45) is 2.53. The molecule has 1 aliphatic heterocycles. The fourth-order valence-corrected chi connectivity index (χ4v) is 3.68. The number of carbonyl (C=O) groups excluding carboxylic acids is 1. The van der Waals surface area contributed by atoms with Crippen molar-refractivity contribution in [2.45, 2.75) is 53.0 Å². The Morgan fingerprint density at radius 2 is 2.10 bits per heavy atom. The lowest BCUT2D eigenvalue weighted by Gasteiger charge is -2.25. The third-order valence-electron chi connectivity index (χ3n) is 5.18. The Kier molecular flexibility index (Phi) is 6.64. The Bertz CT molecular complexity index is 1040. The smallest absolute Gasteiger partial charge is 0.330 e. The molecule has 1 aliphatic rings. The van der Waals surface area contributed by atoms with E-state index in [9.17, 15) is 14.4 Å². The zero-order valence-corrected chi connectivity index (χ0v) is 17.9. The molecule has 0 fully saturated rings. The standard InChI is InChI=1S/C22H30N4O4/c1-4-5-9-25(18(27)12-15-6-7-17-16(11-15)8-10-30-17)19-20(23)26(13-14(2)3)22(29)24-21(19)28/h6-7,11,14H,4-5,8-10,12-13,23H2,1-3H3,(H,24,28,29). The number of nitrogens with two attached hydrogens (primary N) is 1. The number of amides is 1. The molecule has 0 unspecified atom stereocenters. The van der Waals surface area contributed by atoms with Gasteiger partial charge in [0.1, 0.15) is 11.6 Å². The highest BCUT2D eigenvalue weighted by atomic mass is 16.5. The van der Waals surface area contributed by atoms with Crippen LogP contribution in [0.3, 0.4) is 0 Å². The largest absolute Gasteiger partial charge is 0.493 e. The summed E-state index contributed by atoms with van der Waals surface area (Å²) >= 11 is 0. The van der Waals surface area contributed by atoms with Crippen LogP contribution >= 0.6 is 0 Å². The summed E-state index contributed by atoms with van der Waals surface area (Å²) in [5, 5.41) is 0. The molecule has 0 saturated carbocycles. The molecule has 8 heteroatoms. The minimum absolute atomic E-state index is 0.0317. The zero-order valence-electron chi connectivity index (χ0n) is 17.9. The predicted molar refractivity (Wildman–Crippen MR) is 117 cm³/mol. The summed E-state index contributed by atoms with van der Waals surface area (Å²) in [7, 11) is 0. The van der Waals surface area contributed by atoms with Crippen LogP contribution in [0.15, 0.2) is 27.8 Å². The van der Waals surface area contributed by atoms with Crippen LogP contribution in [0.5, 0.6) is 5.75 Å². The fourth-order valence-electron chi connectivity index (χ4n) is 3.68. The second kappa shape index (κ2) is 9.19. The molecule has 162 valence electrons. The number of benzene rings is 1. The van der Waals surface area contributed by atoms with Crippen molar-refractivity contribution in [3.8, 4) is 5.75 Å². The van der Waals surface area contributed by atoms with E-state index in [0.29, 0.717) is 26.1 Å². The maximum Gasteiger partial charge on any atom is 0.330 e. The monoisotopic (exact) mass is 414 g/mol. The average Bonchev–Trinajstić information content (AvgIpc) is 3.15. The summed E-state index contributed by atoms with van der Waals surface area (Å²) < 4.78 is 6.86. The van der Waals surface area contributed by atoms with E-state index in [2.05, 4.69) is 4.98 Å². The van der Waals surface area contributed by atoms with E-state index < -0.39 is 11.2 Å². The Balaban J connectivity index is 1.96. The van der Waals surface area contributed by atoms with E-state index in [-0.39, 0.29) is 29.8 Å². The Hall–Kier alpha value is -3.03. The van der Waals surface area contributed by atoms with E-state index in [4.69, 9.17) is 10.5 Å². The maximum absolute atomic E-state index is 13.2. The first-order valence-electron chi connectivity index (χ1n) is 10.5. The van der Waals surface area contributed by atoms with Gasteiger partial charge in [-0.15, -0.1) is 0 Å². The molecule has 0 aliphatic carbocycles. The first-order chi connectivity index (χ1) is 14.3. The first-order valence-corrected chi connectivity index (χ1v) is 10.5. The number of rotatable bonds is 8. The fraction of sp³-hybridized carbons (Fsp3) is 0.500. The number of aromatic amines is 1. The third kappa shape index (κ3) is 4.58. The molecule has 0 saturated heterocycles. The number of hydrogen-bond donors (Lipinski definition) is 2. The van der Waals surface area contributed by atoms with Crippen LogP contribution in [0.1, 0.15) is 44.7 Å². The number of ether oxygens (including phenoxy) is 1. The summed E-state index contributed by atoms with van der Waals surface area (Å²) in [5.41, 5.74) is 7.05. The van der Waals surface area contributed by atoms with Gasteiger partial charge in [-0.25, -0.2) is 4.79 Å². The minimum Gasteiger partial charge on any atom is -0.493 e. The van der Waals surface area contributed by atoms with E-state index in [0.717, 1.165) is 29.7 Å². The van der Waals surface area contributed by atoms with Gasteiger partial charge in [-0.1, -0.05) is 39.3 Å². The highest BCUT2D eigenvalue weighted by Gasteiger charge is 2.25. The number of nitrogens with one attached hydrogen (secondary N) is 1. The van der Waals surface area contributed by atoms with Gasteiger partial charge in [0.05, 0.1) is 13.0 Å². The van der Waals surface area contributed by atoms with Crippen molar-refractivity contribution in [1.29, 1.82) is 0 Å². The molecule has 0 spiro atoms. The van der Waals surface area contributed by atoms with Crippen LogP contribution < -0.4 is 26.6 Å². The van der Waals surface area contributed by atoms with Crippen molar-refractivity contribution in [2.24, 2.45) is 5.92 Å². The van der Waals surface area contributed by atoms with Crippen molar-refractivity contribution < 1.29 is 9.53 Å². The van der Waals surface area contributed by atoms with Gasteiger partial charge in [0.2, 0.25) is 5.91 Å². The molecule has 1 amide bonds. The Morgan fingerprint density at radius 1 is 1.33 bits per heavy atom. The summed E-state index contributed by atoms with van der Waals surface area (Å²) in [4.78, 5) is 41.9. The SMILES string of the molecule is CCCCN(C(=O)Cc1ccc2c(c1)CCO2)c1c(N)n(CC(C)C)c(=O)[nH]c1=O. The molecule has 2 heterocycles. The number of hydrogen-bond acceptors (Lipinski definition) is 5. The maximum atomic E-state index is 13.2. The molecule has 8 nitrogen and oxygen atoms in total. The highest BCUT2D eigenvalue weighted by molar-refractivity contribution is 5.96. The molecule has 2 aromatic rings. The molecule has 3 rings (SSSR count). The average molecular weight is 415 g/mol. The van der Waals surface area contributed by atoms with Gasteiger partial charge in [-0.05, 0) is 29.5 Å². The van der Waals surface area contributed by atoms with Gasteiger partial charge in [-0.3, -0.25) is 19.1 Å². The van der Waals surface area contributed by atoms with Gasteiger partial charge < -0.3 is 15.4 Å². The van der Waals surface area contributed by atoms with Gasteiger partial charge in [0, 0.05) is 19.5 Å². The number of unbranched alkanes of at least 4 members (excludes halogenated alkanes) is 1. The number of carbonyl (C=O) groups is 1. The van der Waals surface area contributed by atoms with Crippen LogP contribution in [0.2, 0.25) is 0 Å². The van der Waals surface area contributed by atoms with Crippen molar-refractivity contribution in [3.63, 3.8) is 0 Å². The molecule has 30 heavy (non-hydrogen) atoms. The number of nitrogen functional groups attached to an aromatic ring is 1. The number of aromatic nitrogens is 2. The van der Waals surface area contributed by atoms with Gasteiger partial charge in [0.25, 0.3) is 5.56 Å². The normalized spacial score (nSPS) is 12.7. The third-order valence-corrected chi connectivity index (χ3v) is 5.18. The highest BCUT2D eigenvalue weighted by Crippen LogP contribution is 2.27. The van der Waals surface area contributed by atoms with Gasteiger partial charge in [-0.2, -0.15) is 0 Å². The molecule has 0 bridgehead atoms. The van der Waals surface area contributed by atoms with Crippen molar-refractivity contribution >= 4 is 17.4 Å². The van der Waals surface area contributed by atoms with Crippen LogP contribution in [-0.4, -0.2) is 28.6 Å². The Labute approximate surface area is 175 Å². The lowest BCUT2D eigenvalue weighted by atomic mass is 10.1. The number of H-pyrrole nitrogens is 1. The van der Waals surface area contributed by atoms with Crippen LogP contribution in [0.25, 0.3) is 0 Å². The topological polar surface area (TPSA) is 110 Å². The molecule has 1 aromatic heterocycles. The van der Waals surface area contributed by atoms with Crippen molar-refractivity contribution in [1.82, 2.24) is 9.55 Å². The summed E-state index contributed by atoms with van der Waals surface area (Å²) in [5.74, 6) is 0.811. The summed E-state index contributed by atoms with van der Waals surface area (Å²) in [6, 6.07) is 5.73. The molecule has 0 radical (unpaired) electrons. The van der Waals surface area contributed by atoms with E-state index in [1.54, 1.807) is 0 Å². The van der Waals surface area contributed by atoms with Gasteiger partial charge in [0.15, 0.2) is 5.69 Å². The van der Waals surface area contributed by atoms with Crippen molar-refractivity contribution in [2.75, 3.05) is 23.8 Å². The lowest BCUT2D eigenvalue weighted by Crippen LogP contribution is -2.42. The molecular formula is C22H30N4O4. The first kappa shape index (κ1) is 21.7. The van der Waals surface area contributed by atoms with E-state index in [1.807, 2.05) is 39.0 Å². The zero-order chi connectivity index (χ0) is 21.8. The number of fused-ring (bicyclic) bond motifs is 1. The summed E-state index contributed by atoms with van der Waals surface area (Å²) in [6.45, 7) is 7.28. The Morgan fingerprint density at radius 3 is 2.80 bits per heavy atom. The molecule has 1 aromatic carbocycles. The molecule has 0 atom stereocenters. The predicted octanol–water partition coefficient (Wildman–Crippen LogP) is 2.09. The molecular weight excluding hydrogens is 384 g/mol. The van der Waals surface area contributed by atoms with Crippen LogP contribution in [0.4, 0.5) is 11.5 Å². The van der Waals surface area contributed by atoms with Crippen molar-refractivity contribution in [3.05, 3.63) is 50.2 Å². The number of anilines is 2. The van der Waals surface area contributed by atoms with Gasteiger partial charge >= 0.3 is 5.69 Å². The quantitative estimate of drug-likeness (QED) is 0.687. The van der Waals surface area contributed by atoms with Crippen LogP contribution in [-0.2, 0) is 24.2 Å². The lowest BCUT2D eigenvalue weighted by molar-refractivity contribution is -0.118. The molecule has 3 N–H and O–H groups in total. The van der Waals surface area contributed by atoms with Crippen LogP contribution in [0, 0.1) is 5.92 Å². The van der Waals surface area contributed by atoms with E-state index in [1.165, 1.54) is 9.47 Å². The number of nitrogens with zero attached hydrogens (tertiary/aromatic N) is 2.